The fraction of sp³-hybridized carbons (Fsp3) is 0.353. The predicted octanol–water partition coefficient (Wildman–Crippen LogP) is 3.41. The molecule has 3 aromatic rings. The van der Waals surface area contributed by atoms with Crippen molar-refractivity contribution >= 4 is 38.8 Å². The summed E-state index contributed by atoms with van der Waals surface area (Å²) >= 11 is 3.11. The first-order chi connectivity index (χ1) is 11.5. The first kappa shape index (κ1) is 16.9. The summed E-state index contributed by atoms with van der Waals surface area (Å²) < 4.78 is 1.39. The third-order valence-corrected chi connectivity index (χ3v) is 5.82. The highest BCUT2D eigenvalue weighted by atomic mass is 32.1. The van der Waals surface area contributed by atoms with E-state index in [1.807, 2.05) is 38.3 Å². The van der Waals surface area contributed by atoms with E-state index in [4.69, 9.17) is 0 Å². The van der Waals surface area contributed by atoms with Crippen LogP contribution >= 0.6 is 22.7 Å². The third-order valence-electron chi connectivity index (χ3n) is 3.90. The fourth-order valence-corrected chi connectivity index (χ4v) is 4.28. The zero-order valence-corrected chi connectivity index (χ0v) is 15.5. The molecule has 0 fully saturated rings. The zero-order chi connectivity index (χ0) is 17.3. The Morgan fingerprint density at radius 3 is 2.88 bits per heavy atom. The van der Waals surface area contributed by atoms with E-state index in [-0.39, 0.29) is 24.1 Å². The normalized spacial score (nSPS) is 12.5. The topological polar surface area (TPSA) is 64.0 Å². The summed E-state index contributed by atoms with van der Waals surface area (Å²) in [5.41, 5.74) is 0.740. The smallest absolute Gasteiger partial charge is 0.263 e. The Balaban J connectivity index is 1.98. The molecule has 0 aliphatic rings. The van der Waals surface area contributed by atoms with E-state index in [1.54, 1.807) is 11.3 Å². The van der Waals surface area contributed by atoms with Crippen molar-refractivity contribution in [1.29, 1.82) is 0 Å². The van der Waals surface area contributed by atoms with Gasteiger partial charge < -0.3 is 5.32 Å². The Morgan fingerprint density at radius 2 is 2.21 bits per heavy atom. The molecule has 3 heterocycles. The molecule has 1 amide bonds. The quantitative estimate of drug-likeness (QED) is 0.757. The Labute approximate surface area is 148 Å². The number of hydrogen-bond acceptors (Lipinski definition) is 5. The van der Waals surface area contributed by atoms with Crippen molar-refractivity contribution in [1.82, 2.24) is 14.9 Å². The molecule has 0 radical (unpaired) electrons. The lowest BCUT2D eigenvalue weighted by atomic mass is 10.2. The number of carbonyl (C=O) groups is 1. The number of aromatic nitrogens is 2. The van der Waals surface area contributed by atoms with E-state index in [2.05, 4.69) is 10.3 Å². The number of aryl methyl sites for hydroxylation is 1. The van der Waals surface area contributed by atoms with Gasteiger partial charge in [0.1, 0.15) is 11.4 Å². The second-order valence-corrected chi connectivity index (χ2v) is 7.94. The highest BCUT2D eigenvalue weighted by Gasteiger charge is 2.16. The van der Waals surface area contributed by atoms with Crippen LogP contribution in [0.4, 0.5) is 0 Å². The van der Waals surface area contributed by atoms with Crippen LogP contribution in [-0.2, 0) is 11.3 Å². The van der Waals surface area contributed by atoms with Gasteiger partial charge in [-0.25, -0.2) is 4.98 Å². The van der Waals surface area contributed by atoms with Gasteiger partial charge >= 0.3 is 0 Å². The summed E-state index contributed by atoms with van der Waals surface area (Å²) in [6, 6.07) is 4.15. The molecule has 0 saturated carbocycles. The predicted molar refractivity (Wildman–Crippen MR) is 99.8 cm³/mol. The highest BCUT2D eigenvalue weighted by molar-refractivity contribution is 7.19. The van der Waals surface area contributed by atoms with Crippen molar-refractivity contribution in [2.75, 3.05) is 0 Å². The molecular formula is C17H19N3O2S2. The molecule has 1 atom stereocenters. The van der Waals surface area contributed by atoms with Gasteiger partial charge in [-0.15, -0.1) is 22.7 Å². The van der Waals surface area contributed by atoms with Gasteiger partial charge in [-0.2, -0.15) is 0 Å². The number of amides is 1. The van der Waals surface area contributed by atoms with E-state index < -0.39 is 0 Å². The molecule has 0 spiro atoms. The maximum absolute atomic E-state index is 12.8. The standard InChI is InChI=1S/C17H19N3O2S2/c1-4-10(2)19-14(21)7-20-9-18-16-15(17(20)22)12(8-23-16)13-6-5-11(3)24-13/h5-6,8-10H,4,7H2,1-3H3,(H,19,21). The van der Waals surface area contributed by atoms with Crippen LogP contribution in [0.2, 0.25) is 0 Å². The third kappa shape index (κ3) is 3.27. The lowest BCUT2D eigenvalue weighted by molar-refractivity contribution is -0.122. The number of rotatable bonds is 5. The maximum Gasteiger partial charge on any atom is 0.263 e. The van der Waals surface area contributed by atoms with Gasteiger partial charge in [0.2, 0.25) is 5.91 Å². The van der Waals surface area contributed by atoms with Crippen LogP contribution in [0.15, 0.2) is 28.6 Å². The molecule has 3 aromatic heterocycles. The molecule has 0 saturated heterocycles. The largest absolute Gasteiger partial charge is 0.352 e. The van der Waals surface area contributed by atoms with Crippen LogP contribution in [0.1, 0.15) is 25.1 Å². The van der Waals surface area contributed by atoms with Crippen LogP contribution < -0.4 is 10.9 Å². The Kier molecular flexibility index (Phi) is 4.82. The molecule has 24 heavy (non-hydrogen) atoms. The molecule has 126 valence electrons. The minimum atomic E-state index is -0.170. The minimum Gasteiger partial charge on any atom is -0.352 e. The van der Waals surface area contributed by atoms with Gasteiger partial charge in [0.25, 0.3) is 5.56 Å². The van der Waals surface area contributed by atoms with Crippen molar-refractivity contribution in [3.05, 3.63) is 39.1 Å². The van der Waals surface area contributed by atoms with Crippen molar-refractivity contribution < 1.29 is 4.79 Å². The van der Waals surface area contributed by atoms with E-state index >= 15 is 0 Å². The Morgan fingerprint density at radius 1 is 1.42 bits per heavy atom. The number of fused-ring (bicyclic) bond motifs is 1. The maximum atomic E-state index is 12.8. The van der Waals surface area contributed by atoms with Crippen LogP contribution in [0.3, 0.4) is 0 Å². The lowest BCUT2D eigenvalue weighted by Gasteiger charge is -2.12. The van der Waals surface area contributed by atoms with E-state index in [1.165, 1.54) is 27.1 Å². The fourth-order valence-electron chi connectivity index (χ4n) is 2.42. The van der Waals surface area contributed by atoms with Gasteiger partial charge in [-0.1, -0.05) is 6.92 Å². The summed E-state index contributed by atoms with van der Waals surface area (Å²) in [7, 11) is 0. The molecule has 5 nitrogen and oxygen atoms in total. The number of thiophene rings is 2. The van der Waals surface area contributed by atoms with Crippen molar-refractivity contribution in [3.8, 4) is 10.4 Å². The minimum absolute atomic E-state index is 0.00906. The molecule has 1 unspecified atom stereocenters. The highest BCUT2D eigenvalue weighted by Crippen LogP contribution is 2.34. The molecular weight excluding hydrogens is 342 g/mol. The van der Waals surface area contributed by atoms with E-state index in [0.29, 0.717) is 10.2 Å². The van der Waals surface area contributed by atoms with Crippen molar-refractivity contribution in [2.45, 2.75) is 39.8 Å². The van der Waals surface area contributed by atoms with Gasteiger partial charge in [0.15, 0.2) is 0 Å². The number of nitrogens with zero attached hydrogens (tertiary/aromatic N) is 2. The molecule has 7 heteroatoms. The monoisotopic (exact) mass is 361 g/mol. The van der Waals surface area contributed by atoms with E-state index in [9.17, 15) is 9.59 Å². The van der Waals surface area contributed by atoms with Crippen molar-refractivity contribution in [2.24, 2.45) is 0 Å². The lowest BCUT2D eigenvalue weighted by Crippen LogP contribution is -2.37. The first-order valence-electron chi connectivity index (χ1n) is 7.82. The van der Waals surface area contributed by atoms with Gasteiger partial charge in [0, 0.05) is 26.7 Å². The number of nitrogens with one attached hydrogen (secondary N) is 1. The number of carbonyl (C=O) groups excluding carboxylic acids is 1. The van der Waals surface area contributed by atoms with Crippen molar-refractivity contribution in [3.63, 3.8) is 0 Å². The summed E-state index contributed by atoms with van der Waals surface area (Å²) in [5, 5.41) is 5.44. The van der Waals surface area contributed by atoms with Crippen LogP contribution in [-0.4, -0.2) is 21.5 Å². The first-order valence-corrected chi connectivity index (χ1v) is 9.52. The molecule has 0 aromatic carbocycles. The van der Waals surface area contributed by atoms with Crippen LogP contribution in [0.5, 0.6) is 0 Å². The Hall–Kier alpha value is -1.99. The average Bonchev–Trinajstić information content (AvgIpc) is 3.16. The molecule has 0 aliphatic heterocycles. The molecule has 3 rings (SSSR count). The summed E-state index contributed by atoms with van der Waals surface area (Å²) in [5.74, 6) is -0.170. The second kappa shape index (κ2) is 6.86. The van der Waals surface area contributed by atoms with Gasteiger partial charge in [0.05, 0.1) is 11.7 Å². The molecule has 1 N–H and O–H groups in total. The molecule has 0 aliphatic carbocycles. The Bertz CT molecular complexity index is 939. The number of hydrogen-bond donors (Lipinski definition) is 1. The van der Waals surface area contributed by atoms with E-state index in [0.717, 1.165) is 16.9 Å². The van der Waals surface area contributed by atoms with Crippen LogP contribution in [0, 0.1) is 6.92 Å². The summed E-state index contributed by atoms with van der Waals surface area (Å²) in [6.07, 6.45) is 2.31. The molecule has 0 bridgehead atoms. The summed E-state index contributed by atoms with van der Waals surface area (Å²) in [6.45, 7) is 5.98. The zero-order valence-electron chi connectivity index (χ0n) is 13.8. The average molecular weight is 361 g/mol. The summed E-state index contributed by atoms with van der Waals surface area (Å²) in [4.78, 5) is 32.2. The van der Waals surface area contributed by atoms with Gasteiger partial charge in [-0.3, -0.25) is 14.2 Å². The second-order valence-electron chi connectivity index (χ2n) is 5.79. The van der Waals surface area contributed by atoms with Crippen LogP contribution in [0.25, 0.3) is 20.7 Å². The SMILES string of the molecule is CCC(C)NC(=O)Cn1cnc2scc(-c3ccc(C)s3)c2c1=O. The van der Waals surface area contributed by atoms with Gasteiger partial charge in [-0.05, 0) is 32.4 Å².